The zero-order chi connectivity index (χ0) is 14.2. The zero-order valence-electron chi connectivity index (χ0n) is 9.88. The molecule has 0 radical (unpaired) electrons. The Morgan fingerprint density at radius 3 is 2.53 bits per heavy atom. The van der Waals surface area contributed by atoms with Crippen molar-refractivity contribution in [3.63, 3.8) is 0 Å². The van der Waals surface area contributed by atoms with Crippen molar-refractivity contribution in [3.8, 4) is 10.6 Å². The fourth-order valence-electron chi connectivity index (χ4n) is 1.67. The summed E-state index contributed by atoms with van der Waals surface area (Å²) < 4.78 is 51.8. The van der Waals surface area contributed by atoms with E-state index in [2.05, 4.69) is 4.98 Å². The minimum atomic E-state index is -4.55. The number of aromatic nitrogens is 1. The second kappa shape index (κ2) is 4.90. The van der Waals surface area contributed by atoms with E-state index in [0.717, 1.165) is 29.5 Å². The van der Waals surface area contributed by atoms with Gasteiger partial charge in [-0.3, -0.25) is 0 Å². The number of rotatable bonds is 2. The predicted octanol–water partition coefficient (Wildman–Crippen LogP) is 3.74. The van der Waals surface area contributed by atoms with Gasteiger partial charge in [-0.25, -0.2) is 9.37 Å². The van der Waals surface area contributed by atoms with Crippen molar-refractivity contribution in [2.24, 2.45) is 5.73 Å². The molecule has 102 valence electrons. The average molecular weight is 290 g/mol. The second-order valence-corrected chi connectivity index (χ2v) is 5.00. The summed E-state index contributed by atoms with van der Waals surface area (Å²) in [5.74, 6) is -0.731. The number of aryl methyl sites for hydroxylation is 1. The number of hydrogen-bond donors (Lipinski definition) is 1. The molecule has 0 atom stereocenters. The molecule has 2 nitrogen and oxygen atoms in total. The van der Waals surface area contributed by atoms with Crippen LogP contribution in [0.25, 0.3) is 10.6 Å². The Balaban J connectivity index is 2.63. The van der Waals surface area contributed by atoms with E-state index in [0.29, 0.717) is 10.6 Å². The summed E-state index contributed by atoms with van der Waals surface area (Å²) in [7, 11) is 0. The largest absolute Gasteiger partial charge is 0.417 e. The molecule has 1 heterocycles. The molecule has 0 saturated heterocycles. The molecule has 0 aliphatic carbocycles. The van der Waals surface area contributed by atoms with Crippen LogP contribution < -0.4 is 5.73 Å². The first-order valence-corrected chi connectivity index (χ1v) is 6.18. The highest BCUT2D eigenvalue weighted by Crippen LogP contribution is 2.39. The molecule has 2 N–H and O–H groups in total. The molecular weight excluding hydrogens is 280 g/mol. The van der Waals surface area contributed by atoms with Crippen molar-refractivity contribution < 1.29 is 17.6 Å². The average Bonchev–Trinajstić information content (AvgIpc) is 2.68. The number of halogens is 4. The van der Waals surface area contributed by atoms with Crippen LogP contribution in [0.5, 0.6) is 0 Å². The van der Waals surface area contributed by atoms with Crippen LogP contribution in [0.4, 0.5) is 17.6 Å². The first-order chi connectivity index (χ1) is 8.82. The number of nitrogens with zero attached hydrogens (tertiary/aromatic N) is 1. The summed E-state index contributed by atoms with van der Waals surface area (Å²) in [5.41, 5.74) is 4.89. The van der Waals surface area contributed by atoms with Gasteiger partial charge in [-0.1, -0.05) is 0 Å². The van der Waals surface area contributed by atoms with Gasteiger partial charge in [0.15, 0.2) is 0 Å². The minimum absolute atomic E-state index is 0.129. The maximum atomic E-state index is 13.2. The Morgan fingerprint density at radius 1 is 1.32 bits per heavy atom. The van der Waals surface area contributed by atoms with Gasteiger partial charge in [-0.2, -0.15) is 13.2 Å². The van der Waals surface area contributed by atoms with Gasteiger partial charge in [-0.05, 0) is 25.1 Å². The van der Waals surface area contributed by atoms with Crippen LogP contribution in [-0.2, 0) is 12.7 Å². The fraction of sp³-hybridized carbons (Fsp3) is 0.250. The van der Waals surface area contributed by atoms with Gasteiger partial charge in [0.05, 0.1) is 11.3 Å². The van der Waals surface area contributed by atoms with Crippen molar-refractivity contribution in [2.75, 3.05) is 0 Å². The third-order valence-corrected chi connectivity index (χ3v) is 3.81. The van der Waals surface area contributed by atoms with Gasteiger partial charge in [0.25, 0.3) is 0 Å². The van der Waals surface area contributed by atoms with Gasteiger partial charge >= 0.3 is 6.18 Å². The van der Waals surface area contributed by atoms with Crippen LogP contribution in [0.3, 0.4) is 0 Å². The van der Waals surface area contributed by atoms with E-state index in [1.54, 1.807) is 6.92 Å². The van der Waals surface area contributed by atoms with Gasteiger partial charge in [0, 0.05) is 17.0 Å². The lowest BCUT2D eigenvalue weighted by atomic mass is 10.1. The third-order valence-electron chi connectivity index (χ3n) is 2.60. The highest BCUT2D eigenvalue weighted by atomic mass is 32.1. The van der Waals surface area contributed by atoms with Crippen LogP contribution >= 0.6 is 11.3 Å². The summed E-state index contributed by atoms with van der Waals surface area (Å²) in [6.07, 6.45) is -4.55. The van der Waals surface area contributed by atoms with E-state index < -0.39 is 17.6 Å². The van der Waals surface area contributed by atoms with E-state index in [4.69, 9.17) is 5.73 Å². The zero-order valence-corrected chi connectivity index (χ0v) is 10.7. The molecule has 7 heteroatoms. The Kier molecular flexibility index (Phi) is 3.60. The molecule has 0 saturated carbocycles. The van der Waals surface area contributed by atoms with Crippen molar-refractivity contribution in [3.05, 3.63) is 40.2 Å². The molecule has 2 rings (SSSR count). The van der Waals surface area contributed by atoms with Crippen molar-refractivity contribution >= 4 is 11.3 Å². The van der Waals surface area contributed by atoms with Gasteiger partial charge in [0.1, 0.15) is 10.8 Å². The first kappa shape index (κ1) is 14.0. The summed E-state index contributed by atoms with van der Waals surface area (Å²) in [6, 6.07) is 2.36. The van der Waals surface area contributed by atoms with E-state index in [9.17, 15) is 17.6 Å². The first-order valence-electron chi connectivity index (χ1n) is 5.36. The smallest absolute Gasteiger partial charge is 0.326 e. The summed E-state index contributed by atoms with van der Waals surface area (Å²) in [5, 5.41) is 0.129. The molecule has 0 aliphatic heterocycles. The second-order valence-electron chi connectivity index (χ2n) is 3.92. The summed E-state index contributed by atoms with van der Waals surface area (Å²) in [6.45, 7) is 1.86. The van der Waals surface area contributed by atoms with E-state index in [1.165, 1.54) is 0 Å². The molecule has 0 fully saturated rings. The topological polar surface area (TPSA) is 38.9 Å². The van der Waals surface area contributed by atoms with Crippen LogP contribution in [0.1, 0.15) is 16.1 Å². The van der Waals surface area contributed by atoms with Gasteiger partial charge in [0.2, 0.25) is 0 Å². The van der Waals surface area contributed by atoms with Crippen LogP contribution in [0, 0.1) is 12.7 Å². The van der Waals surface area contributed by atoms with Gasteiger partial charge in [-0.15, -0.1) is 11.3 Å². The minimum Gasteiger partial charge on any atom is -0.326 e. The normalized spacial score (nSPS) is 11.9. The molecule has 1 aromatic heterocycles. The highest BCUT2D eigenvalue weighted by molar-refractivity contribution is 7.15. The van der Waals surface area contributed by atoms with Crippen molar-refractivity contribution in [1.29, 1.82) is 0 Å². The lowest BCUT2D eigenvalue weighted by molar-refractivity contribution is -0.137. The van der Waals surface area contributed by atoms with E-state index >= 15 is 0 Å². The monoisotopic (exact) mass is 290 g/mol. The van der Waals surface area contributed by atoms with Crippen LogP contribution in [-0.4, -0.2) is 4.98 Å². The number of hydrogen-bond acceptors (Lipinski definition) is 3. The van der Waals surface area contributed by atoms with E-state index in [-0.39, 0.29) is 17.1 Å². The third kappa shape index (κ3) is 2.76. The Morgan fingerprint density at radius 2 is 2.00 bits per heavy atom. The molecule has 0 aliphatic rings. The molecule has 0 bridgehead atoms. The molecule has 0 unspecified atom stereocenters. The molecule has 0 amide bonds. The SMILES string of the molecule is Cc1nc(-c2cc(F)ccc2C(F)(F)F)sc1CN. The molecular formula is C12H10F4N2S. The Labute approximate surface area is 110 Å². The standard InChI is InChI=1S/C12H10F4N2S/c1-6-10(5-17)19-11(18-6)8-4-7(13)2-3-9(8)12(14,15)16/h2-4H,5,17H2,1H3. The molecule has 1 aromatic carbocycles. The molecule has 19 heavy (non-hydrogen) atoms. The molecule has 2 aromatic rings. The number of thiazole rings is 1. The Bertz CT molecular complexity index is 604. The molecule has 0 spiro atoms. The van der Waals surface area contributed by atoms with E-state index in [1.807, 2.05) is 0 Å². The summed E-state index contributed by atoms with van der Waals surface area (Å²) >= 11 is 1.05. The number of benzene rings is 1. The summed E-state index contributed by atoms with van der Waals surface area (Å²) in [4.78, 5) is 4.73. The lowest BCUT2D eigenvalue weighted by Gasteiger charge is -2.10. The number of alkyl halides is 3. The maximum Gasteiger partial charge on any atom is 0.417 e. The maximum absolute atomic E-state index is 13.2. The van der Waals surface area contributed by atoms with Crippen molar-refractivity contribution in [2.45, 2.75) is 19.6 Å². The van der Waals surface area contributed by atoms with Crippen molar-refractivity contribution in [1.82, 2.24) is 4.98 Å². The predicted molar refractivity (Wildman–Crippen MR) is 65.1 cm³/mol. The quantitative estimate of drug-likeness (QED) is 0.856. The van der Waals surface area contributed by atoms with Gasteiger partial charge < -0.3 is 5.73 Å². The number of nitrogens with two attached hydrogens (primary N) is 1. The van der Waals surface area contributed by atoms with Crippen LogP contribution in [0.2, 0.25) is 0 Å². The lowest BCUT2D eigenvalue weighted by Crippen LogP contribution is -2.07. The van der Waals surface area contributed by atoms with Crippen LogP contribution in [0.15, 0.2) is 18.2 Å². The fourth-order valence-corrected chi connectivity index (χ4v) is 2.64. The highest BCUT2D eigenvalue weighted by Gasteiger charge is 2.34. The Hall–Kier alpha value is -1.47.